The van der Waals surface area contributed by atoms with Crippen LogP contribution in [-0.4, -0.2) is 11.0 Å². The smallest absolute Gasteiger partial charge is 0.316 e. The van der Waals surface area contributed by atoms with E-state index in [0.717, 1.165) is 21.8 Å². The molecule has 1 aromatic heterocycles. The third-order valence-electron chi connectivity index (χ3n) is 2.89. The largest absolute Gasteiger partial charge is 0.353 e. The molecule has 0 aliphatic rings. The Morgan fingerprint density at radius 3 is 2.58 bits per heavy atom. The standard InChI is InChI=1S/C13H9Cl2N3O/c14-6-1-2-10-8(3-6)9-4-7(15)5-11(12(9)17-10)18-13(16)19/h1-5,17H,(H3,16,18,19). The molecule has 2 amide bonds. The van der Waals surface area contributed by atoms with Crippen molar-refractivity contribution in [2.75, 3.05) is 5.32 Å². The highest BCUT2D eigenvalue weighted by Gasteiger charge is 2.11. The Balaban J connectivity index is 2.39. The minimum absolute atomic E-state index is 0.511. The Morgan fingerprint density at radius 2 is 1.84 bits per heavy atom. The van der Waals surface area contributed by atoms with Crippen LogP contribution in [0.4, 0.5) is 10.5 Å². The Morgan fingerprint density at radius 1 is 1.11 bits per heavy atom. The summed E-state index contributed by atoms with van der Waals surface area (Å²) in [6, 6.07) is 8.34. The van der Waals surface area contributed by atoms with E-state index in [0.29, 0.717) is 15.7 Å². The maximum atomic E-state index is 11.0. The second kappa shape index (κ2) is 4.33. The number of nitrogens with one attached hydrogen (secondary N) is 2. The number of primary amides is 1. The molecule has 0 atom stereocenters. The van der Waals surface area contributed by atoms with Crippen LogP contribution >= 0.6 is 23.2 Å². The van der Waals surface area contributed by atoms with Gasteiger partial charge in [0.25, 0.3) is 0 Å². The number of H-pyrrole nitrogens is 1. The van der Waals surface area contributed by atoms with E-state index in [1.54, 1.807) is 12.1 Å². The Kier molecular flexibility index (Phi) is 2.77. The number of hydrogen-bond acceptors (Lipinski definition) is 1. The number of nitrogens with two attached hydrogens (primary N) is 1. The molecule has 3 rings (SSSR count). The summed E-state index contributed by atoms with van der Waals surface area (Å²) in [5, 5.41) is 5.53. The number of amides is 2. The van der Waals surface area contributed by atoms with Gasteiger partial charge in [0.2, 0.25) is 0 Å². The van der Waals surface area contributed by atoms with Crippen molar-refractivity contribution in [1.82, 2.24) is 4.98 Å². The first-order valence-corrected chi connectivity index (χ1v) is 6.27. The van der Waals surface area contributed by atoms with E-state index in [1.807, 2.05) is 18.2 Å². The molecule has 0 aliphatic carbocycles. The van der Waals surface area contributed by atoms with Crippen LogP contribution in [0.5, 0.6) is 0 Å². The number of carbonyl (C=O) groups is 1. The summed E-state index contributed by atoms with van der Waals surface area (Å²) in [6.45, 7) is 0. The van der Waals surface area contributed by atoms with Crippen molar-refractivity contribution in [2.24, 2.45) is 5.73 Å². The average molecular weight is 294 g/mol. The lowest BCUT2D eigenvalue weighted by molar-refractivity contribution is 0.259. The van der Waals surface area contributed by atoms with Crippen molar-refractivity contribution >= 4 is 56.7 Å². The van der Waals surface area contributed by atoms with Gasteiger partial charge in [-0.3, -0.25) is 0 Å². The predicted octanol–water partition coefficient (Wildman–Crippen LogP) is 4.12. The number of anilines is 1. The van der Waals surface area contributed by atoms with Gasteiger partial charge in [-0.25, -0.2) is 4.79 Å². The van der Waals surface area contributed by atoms with Gasteiger partial charge in [0.1, 0.15) is 0 Å². The average Bonchev–Trinajstić information content (AvgIpc) is 2.67. The predicted molar refractivity (Wildman–Crippen MR) is 79.0 cm³/mol. The molecule has 0 unspecified atom stereocenters. The molecule has 0 saturated heterocycles. The third kappa shape index (κ3) is 2.09. The summed E-state index contributed by atoms with van der Waals surface area (Å²) in [6.07, 6.45) is 0. The first-order chi connectivity index (χ1) is 9.04. The maximum absolute atomic E-state index is 11.0. The number of aromatic nitrogens is 1. The minimum atomic E-state index is -0.639. The van der Waals surface area contributed by atoms with Gasteiger partial charge in [-0.1, -0.05) is 23.2 Å². The third-order valence-corrected chi connectivity index (χ3v) is 3.35. The van der Waals surface area contributed by atoms with E-state index in [4.69, 9.17) is 28.9 Å². The Bertz CT molecular complexity index is 810. The van der Waals surface area contributed by atoms with Gasteiger partial charge in [-0.2, -0.15) is 0 Å². The number of benzene rings is 2. The van der Waals surface area contributed by atoms with Crippen LogP contribution in [0.15, 0.2) is 30.3 Å². The van der Waals surface area contributed by atoms with Crippen LogP contribution in [0.1, 0.15) is 0 Å². The molecule has 1 heterocycles. The second-order valence-corrected chi connectivity index (χ2v) is 5.05. The van der Waals surface area contributed by atoms with Crippen molar-refractivity contribution in [3.8, 4) is 0 Å². The molecule has 4 N–H and O–H groups in total. The van der Waals surface area contributed by atoms with E-state index >= 15 is 0 Å². The van der Waals surface area contributed by atoms with Gasteiger partial charge in [-0.15, -0.1) is 0 Å². The first kappa shape index (κ1) is 12.1. The van der Waals surface area contributed by atoms with Gasteiger partial charge >= 0.3 is 6.03 Å². The summed E-state index contributed by atoms with van der Waals surface area (Å²) in [5.41, 5.74) is 7.38. The molecule has 0 aliphatic heterocycles. The van der Waals surface area contributed by atoms with Gasteiger partial charge in [0, 0.05) is 26.3 Å². The molecule has 0 radical (unpaired) electrons. The molecule has 96 valence electrons. The summed E-state index contributed by atoms with van der Waals surface area (Å²) in [7, 11) is 0. The van der Waals surface area contributed by atoms with Crippen molar-refractivity contribution in [3.63, 3.8) is 0 Å². The fraction of sp³-hybridized carbons (Fsp3) is 0. The zero-order chi connectivity index (χ0) is 13.6. The summed E-state index contributed by atoms with van der Waals surface area (Å²) < 4.78 is 0. The lowest BCUT2D eigenvalue weighted by Gasteiger charge is -2.04. The monoisotopic (exact) mass is 293 g/mol. The normalized spacial score (nSPS) is 11.1. The lowest BCUT2D eigenvalue weighted by atomic mass is 10.1. The number of carbonyl (C=O) groups excluding carboxylic acids is 1. The highest BCUT2D eigenvalue weighted by molar-refractivity contribution is 6.34. The fourth-order valence-corrected chi connectivity index (χ4v) is 2.56. The van der Waals surface area contributed by atoms with E-state index in [1.165, 1.54) is 0 Å². The lowest BCUT2D eigenvalue weighted by Crippen LogP contribution is -2.19. The van der Waals surface area contributed by atoms with Crippen LogP contribution in [-0.2, 0) is 0 Å². The van der Waals surface area contributed by atoms with Gasteiger partial charge in [-0.05, 0) is 30.3 Å². The van der Waals surface area contributed by atoms with E-state index < -0.39 is 6.03 Å². The molecule has 19 heavy (non-hydrogen) atoms. The van der Waals surface area contributed by atoms with Crippen molar-refractivity contribution in [1.29, 1.82) is 0 Å². The number of urea groups is 1. The fourth-order valence-electron chi connectivity index (χ4n) is 2.17. The van der Waals surface area contributed by atoms with Crippen molar-refractivity contribution in [2.45, 2.75) is 0 Å². The van der Waals surface area contributed by atoms with Gasteiger partial charge in [0.05, 0.1) is 11.2 Å². The number of hydrogen-bond donors (Lipinski definition) is 3. The van der Waals surface area contributed by atoms with E-state index in [-0.39, 0.29) is 0 Å². The molecule has 6 heteroatoms. The summed E-state index contributed by atoms with van der Waals surface area (Å²) >= 11 is 12.1. The van der Waals surface area contributed by atoms with Crippen LogP contribution in [0, 0.1) is 0 Å². The molecule has 3 aromatic rings. The first-order valence-electron chi connectivity index (χ1n) is 5.51. The van der Waals surface area contributed by atoms with Crippen molar-refractivity contribution in [3.05, 3.63) is 40.4 Å². The Hall–Kier alpha value is -1.91. The Labute approximate surface area is 118 Å². The topological polar surface area (TPSA) is 70.9 Å². The number of rotatable bonds is 1. The highest BCUT2D eigenvalue weighted by Crippen LogP contribution is 2.34. The highest BCUT2D eigenvalue weighted by atomic mass is 35.5. The van der Waals surface area contributed by atoms with Crippen LogP contribution in [0.25, 0.3) is 21.8 Å². The van der Waals surface area contributed by atoms with Gasteiger partial charge in [0.15, 0.2) is 0 Å². The molecule has 0 fully saturated rings. The number of halogens is 2. The second-order valence-electron chi connectivity index (χ2n) is 4.18. The van der Waals surface area contributed by atoms with Gasteiger partial charge < -0.3 is 16.0 Å². The molecular weight excluding hydrogens is 285 g/mol. The van der Waals surface area contributed by atoms with Crippen LogP contribution in [0.2, 0.25) is 10.0 Å². The minimum Gasteiger partial charge on any atom is -0.353 e. The summed E-state index contributed by atoms with van der Waals surface area (Å²) in [5.74, 6) is 0. The summed E-state index contributed by atoms with van der Waals surface area (Å²) in [4.78, 5) is 14.2. The molecule has 0 spiro atoms. The maximum Gasteiger partial charge on any atom is 0.316 e. The quantitative estimate of drug-likeness (QED) is 0.620. The van der Waals surface area contributed by atoms with E-state index in [2.05, 4.69) is 10.3 Å². The zero-order valence-corrected chi connectivity index (χ0v) is 11.1. The number of aromatic amines is 1. The van der Waals surface area contributed by atoms with Crippen molar-refractivity contribution < 1.29 is 4.79 Å². The van der Waals surface area contributed by atoms with Crippen LogP contribution < -0.4 is 11.1 Å². The zero-order valence-electron chi connectivity index (χ0n) is 9.63. The molecule has 4 nitrogen and oxygen atoms in total. The number of fused-ring (bicyclic) bond motifs is 3. The molecule has 2 aromatic carbocycles. The molecule has 0 bridgehead atoms. The molecule has 0 saturated carbocycles. The van der Waals surface area contributed by atoms with E-state index in [9.17, 15) is 4.79 Å². The van der Waals surface area contributed by atoms with Crippen LogP contribution in [0.3, 0.4) is 0 Å². The molecular formula is C13H9Cl2N3O. The SMILES string of the molecule is NC(=O)Nc1cc(Cl)cc2c1[nH]c1ccc(Cl)cc12.